The van der Waals surface area contributed by atoms with Crippen LogP contribution in [-0.4, -0.2) is 0 Å². The molecular formula is C19H25N. The van der Waals surface area contributed by atoms with E-state index >= 15 is 0 Å². The zero-order chi connectivity index (χ0) is 14.2. The van der Waals surface area contributed by atoms with Crippen molar-refractivity contribution in [2.75, 3.05) is 5.32 Å². The third-order valence-electron chi connectivity index (χ3n) is 3.75. The van der Waals surface area contributed by atoms with Crippen LogP contribution in [0.4, 0.5) is 5.69 Å². The fourth-order valence-corrected chi connectivity index (χ4v) is 2.45. The Morgan fingerprint density at radius 3 is 2.20 bits per heavy atom. The van der Waals surface area contributed by atoms with Gasteiger partial charge in [0.05, 0.1) is 6.04 Å². The number of unbranched alkanes of at least 4 members (excludes halogenated alkanes) is 1. The third-order valence-corrected chi connectivity index (χ3v) is 3.75. The average molecular weight is 267 g/mol. The van der Waals surface area contributed by atoms with E-state index in [4.69, 9.17) is 0 Å². The van der Waals surface area contributed by atoms with Crippen molar-refractivity contribution in [1.29, 1.82) is 0 Å². The molecule has 0 saturated heterocycles. The number of hydrogen-bond acceptors (Lipinski definition) is 1. The lowest BCUT2D eigenvalue weighted by Gasteiger charge is -2.20. The summed E-state index contributed by atoms with van der Waals surface area (Å²) < 4.78 is 0. The van der Waals surface area contributed by atoms with Crippen LogP contribution in [0.25, 0.3) is 0 Å². The van der Waals surface area contributed by atoms with Gasteiger partial charge in [-0.25, -0.2) is 0 Å². The summed E-state index contributed by atoms with van der Waals surface area (Å²) in [6.45, 7) is 4.44. The quantitative estimate of drug-likeness (QED) is 0.689. The Bertz CT molecular complexity index is 487. The maximum Gasteiger partial charge on any atom is 0.0513 e. The van der Waals surface area contributed by atoms with Crippen LogP contribution >= 0.6 is 0 Å². The van der Waals surface area contributed by atoms with Crippen molar-refractivity contribution >= 4 is 5.69 Å². The molecule has 0 aliphatic carbocycles. The average Bonchev–Trinajstić information content (AvgIpc) is 2.53. The van der Waals surface area contributed by atoms with Crippen molar-refractivity contribution in [3.63, 3.8) is 0 Å². The lowest BCUT2D eigenvalue weighted by atomic mass is 10.0. The first kappa shape index (κ1) is 14.6. The van der Waals surface area contributed by atoms with Gasteiger partial charge in [-0.15, -0.1) is 0 Å². The molecule has 0 spiro atoms. The molecule has 0 radical (unpaired) electrons. The first-order valence-corrected chi connectivity index (χ1v) is 7.74. The summed E-state index contributed by atoms with van der Waals surface area (Å²) in [4.78, 5) is 0. The highest BCUT2D eigenvalue weighted by molar-refractivity contribution is 5.46. The van der Waals surface area contributed by atoms with Crippen LogP contribution in [0.15, 0.2) is 54.6 Å². The Labute approximate surface area is 123 Å². The number of rotatable bonds is 7. The van der Waals surface area contributed by atoms with Crippen molar-refractivity contribution in [1.82, 2.24) is 0 Å². The molecule has 0 aliphatic heterocycles. The fraction of sp³-hybridized carbons (Fsp3) is 0.368. The molecule has 0 saturated carbocycles. The standard InChI is InChI=1S/C19H25N/c1-3-5-11-19(17-9-7-6-8-10-17)20-18-14-12-16(4-2)13-15-18/h6-10,12-15,19-20H,3-5,11H2,1-2H3. The molecule has 0 fully saturated rings. The minimum Gasteiger partial charge on any atom is -0.378 e. The Balaban J connectivity index is 2.10. The van der Waals surface area contributed by atoms with Gasteiger partial charge in [-0.3, -0.25) is 0 Å². The monoisotopic (exact) mass is 267 g/mol. The van der Waals surface area contributed by atoms with Crippen LogP contribution in [0, 0.1) is 0 Å². The van der Waals surface area contributed by atoms with E-state index in [2.05, 4.69) is 73.8 Å². The number of benzene rings is 2. The van der Waals surface area contributed by atoms with Gasteiger partial charge in [-0.05, 0) is 36.1 Å². The molecule has 0 heterocycles. The molecule has 2 aromatic rings. The molecule has 1 N–H and O–H groups in total. The second-order valence-electron chi connectivity index (χ2n) is 5.30. The van der Waals surface area contributed by atoms with E-state index < -0.39 is 0 Å². The van der Waals surface area contributed by atoms with E-state index in [0.717, 1.165) is 6.42 Å². The van der Waals surface area contributed by atoms with Crippen LogP contribution in [0.5, 0.6) is 0 Å². The second-order valence-corrected chi connectivity index (χ2v) is 5.30. The van der Waals surface area contributed by atoms with Crippen molar-refractivity contribution in [3.05, 3.63) is 65.7 Å². The highest BCUT2D eigenvalue weighted by atomic mass is 14.9. The Kier molecular flexibility index (Phi) is 5.67. The number of aryl methyl sites for hydroxylation is 1. The maximum atomic E-state index is 3.68. The molecule has 1 unspecified atom stereocenters. The highest BCUT2D eigenvalue weighted by Gasteiger charge is 2.10. The number of hydrogen-bond donors (Lipinski definition) is 1. The van der Waals surface area contributed by atoms with E-state index in [-0.39, 0.29) is 0 Å². The summed E-state index contributed by atoms with van der Waals surface area (Å²) in [5, 5.41) is 3.68. The van der Waals surface area contributed by atoms with Crippen molar-refractivity contribution in [2.45, 2.75) is 45.6 Å². The van der Waals surface area contributed by atoms with Crippen LogP contribution < -0.4 is 5.32 Å². The molecular weight excluding hydrogens is 242 g/mol. The molecule has 2 rings (SSSR count). The van der Waals surface area contributed by atoms with Crippen LogP contribution in [0.1, 0.15) is 50.3 Å². The topological polar surface area (TPSA) is 12.0 Å². The fourth-order valence-electron chi connectivity index (χ4n) is 2.45. The normalized spacial score (nSPS) is 12.1. The van der Waals surface area contributed by atoms with E-state index in [1.807, 2.05) is 0 Å². The number of nitrogens with one attached hydrogen (secondary N) is 1. The van der Waals surface area contributed by atoms with Crippen molar-refractivity contribution in [3.8, 4) is 0 Å². The molecule has 1 nitrogen and oxygen atoms in total. The molecule has 1 heteroatoms. The van der Waals surface area contributed by atoms with Gasteiger partial charge in [-0.1, -0.05) is 69.2 Å². The van der Waals surface area contributed by atoms with E-state index in [0.29, 0.717) is 6.04 Å². The van der Waals surface area contributed by atoms with Gasteiger partial charge >= 0.3 is 0 Å². The van der Waals surface area contributed by atoms with Gasteiger partial charge in [0.15, 0.2) is 0 Å². The maximum absolute atomic E-state index is 3.68. The predicted molar refractivity (Wildman–Crippen MR) is 88.2 cm³/mol. The third kappa shape index (κ3) is 4.12. The molecule has 0 aromatic heterocycles. The molecule has 0 bridgehead atoms. The van der Waals surface area contributed by atoms with Crippen LogP contribution in [0.2, 0.25) is 0 Å². The summed E-state index contributed by atoms with van der Waals surface area (Å²) >= 11 is 0. The van der Waals surface area contributed by atoms with Gasteiger partial charge in [0, 0.05) is 5.69 Å². The first-order chi connectivity index (χ1) is 9.83. The van der Waals surface area contributed by atoms with E-state index in [1.165, 1.54) is 36.1 Å². The van der Waals surface area contributed by atoms with Gasteiger partial charge in [-0.2, -0.15) is 0 Å². The molecule has 1 atom stereocenters. The highest BCUT2D eigenvalue weighted by Crippen LogP contribution is 2.24. The van der Waals surface area contributed by atoms with Gasteiger partial charge in [0.25, 0.3) is 0 Å². The smallest absolute Gasteiger partial charge is 0.0513 e. The summed E-state index contributed by atoms with van der Waals surface area (Å²) in [5.74, 6) is 0. The molecule has 0 amide bonds. The largest absolute Gasteiger partial charge is 0.378 e. The summed E-state index contributed by atoms with van der Waals surface area (Å²) in [5.41, 5.74) is 3.98. The van der Waals surface area contributed by atoms with Crippen molar-refractivity contribution < 1.29 is 0 Å². The van der Waals surface area contributed by atoms with Gasteiger partial charge in [0.1, 0.15) is 0 Å². The SMILES string of the molecule is CCCCC(Nc1ccc(CC)cc1)c1ccccc1. The Morgan fingerprint density at radius 1 is 0.900 bits per heavy atom. The second kappa shape index (κ2) is 7.74. The number of anilines is 1. The zero-order valence-corrected chi connectivity index (χ0v) is 12.6. The molecule has 0 aliphatic rings. The lowest BCUT2D eigenvalue weighted by molar-refractivity contribution is 0.634. The summed E-state index contributed by atoms with van der Waals surface area (Å²) in [6, 6.07) is 20.0. The van der Waals surface area contributed by atoms with E-state index in [1.54, 1.807) is 0 Å². The Hall–Kier alpha value is -1.76. The predicted octanol–water partition coefficient (Wildman–Crippen LogP) is 5.59. The first-order valence-electron chi connectivity index (χ1n) is 7.74. The summed E-state index contributed by atoms with van der Waals surface area (Å²) in [7, 11) is 0. The van der Waals surface area contributed by atoms with Crippen LogP contribution in [0.3, 0.4) is 0 Å². The lowest BCUT2D eigenvalue weighted by Crippen LogP contribution is -2.10. The summed E-state index contributed by atoms with van der Waals surface area (Å²) in [6.07, 6.45) is 4.76. The van der Waals surface area contributed by atoms with Gasteiger partial charge < -0.3 is 5.32 Å². The minimum atomic E-state index is 0.406. The van der Waals surface area contributed by atoms with Crippen LogP contribution in [-0.2, 0) is 6.42 Å². The molecule has 20 heavy (non-hydrogen) atoms. The Morgan fingerprint density at radius 2 is 1.60 bits per heavy atom. The van der Waals surface area contributed by atoms with Gasteiger partial charge in [0.2, 0.25) is 0 Å². The van der Waals surface area contributed by atoms with E-state index in [9.17, 15) is 0 Å². The molecule has 106 valence electrons. The zero-order valence-electron chi connectivity index (χ0n) is 12.6. The molecule has 2 aromatic carbocycles. The van der Waals surface area contributed by atoms with Crippen molar-refractivity contribution in [2.24, 2.45) is 0 Å². The minimum absolute atomic E-state index is 0.406.